The summed E-state index contributed by atoms with van der Waals surface area (Å²) in [5.74, 6) is -0.119. The Bertz CT molecular complexity index is 510. The molecule has 0 saturated carbocycles. The number of nitrogens with one attached hydrogen (secondary N) is 2. The molecule has 22 heavy (non-hydrogen) atoms. The van der Waals surface area contributed by atoms with Crippen molar-refractivity contribution in [2.45, 2.75) is 25.8 Å². The van der Waals surface area contributed by atoms with Crippen LogP contribution in [0.3, 0.4) is 0 Å². The highest BCUT2D eigenvalue weighted by Crippen LogP contribution is 2.33. The highest BCUT2D eigenvalue weighted by Gasteiger charge is 2.24. The molecule has 0 bridgehead atoms. The van der Waals surface area contributed by atoms with E-state index < -0.39 is 0 Å². The second-order valence-corrected chi connectivity index (χ2v) is 6.66. The second kappa shape index (κ2) is 8.37. The molecule has 1 aliphatic rings. The molecule has 4 nitrogen and oxygen atoms in total. The summed E-state index contributed by atoms with van der Waals surface area (Å²) in [6.45, 7) is 5.26. The van der Waals surface area contributed by atoms with Crippen LogP contribution in [-0.2, 0) is 4.79 Å². The number of anilines is 1. The molecule has 122 valence electrons. The van der Waals surface area contributed by atoms with Gasteiger partial charge in [-0.1, -0.05) is 41.7 Å². The monoisotopic (exact) mass is 363 g/mol. The fourth-order valence-electron chi connectivity index (χ4n) is 2.65. The predicted octanol–water partition coefficient (Wildman–Crippen LogP) is 3.66. The topological polar surface area (TPSA) is 44.4 Å². The molecule has 0 radical (unpaired) electrons. The van der Waals surface area contributed by atoms with Gasteiger partial charge < -0.3 is 10.6 Å². The molecule has 2 rings (SSSR count). The SMILES string of the molecule is CCCN(CC(=O)Nc1c(Cl)cc(Cl)cc1Cl)C1CCNC1. The number of benzene rings is 1. The summed E-state index contributed by atoms with van der Waals surface area (Å²) in [7, 11) is 0. The Morgan fingerprint density at radius 3 is 2.59 bits per heavy atom. The number of carbonyl (C=O) groups is 1. The first-order chi connectivity index (χ1) is 10.5. The van der Waals surface area contributed by atoms with Crippen LogP contribution in [-0.4, -0.2) is 43.0 Å². The summed E-state index contributed by atoms with van der Waals surface area (Å²) in [5, 5.41) is 7.25. The highest BCUT2D eigenvalue weighted by molar-refractivity contribution is 6.42. The molecule has 1 aliphatic heterocycles. The second-order valence-electron chi connectivity index (χ2n) is 5.41. The van der Waals surface area contributed by atoms with E-state index in [0.29, 0.717) is 33.3 Å². The van der Waals surface area contributed by atoms with E-state index >= 15 is 0 Å². The Morgan fingerprint density at radius 2 is 2.05 bits per heavy atom. The van der Waals surface area contributed by atoms with Crippen LogP contribution in [0.5, 0.6) is 0 Å². The van der Waals surface area contributed by atoms with E-state index in [1.54, 1.807) is 12.1 Å². The van der Waals surface area contributed by atoms with Crippen molar-refractivity contribution < 1.29 is 4.79 Å². The zero-order chi connectivity index (χ0) is 16.1. The van der Waals surface area contributed by atoms with Crippen LogP contribution in [0.15, 0.2) is 12.1 Å². The van der Waals surface area contributed by atoms with Gasteiger partial charge in [0.05, 0.1) is 22.3 Å². The number of rotatable bonds is 6. The summed E-state index contributed by atoms with van der Waals surface area (Å²) < 4.78 is 0. The van der Waals surface area contributed by atoms with Crippen molar-refractivity contribution in [1.29, 1.82) is 0 Å². The molecular weight excluding hydrogens is 345 g/mol. The van der Waals surface area contributed by atoms with Crippen molar-refractivity contribution in [3.05, 3.63) is 27.2 Å². The van der Waals surface area contributed by atoms with Crippen LogP contribution in [0, 0.1) is 0 Å². The van der Waals surface area contributed by atoms with Crippen LogP contribution >= 0.6 is 34.8 Å². The average Bonchev–Trinajstić information content (AvgIpc) is 2.96. The molecule has 1 aromatic carbocycles. The van der Waals surface area contributed by atoms with Crippen LogP contribution in [0.4, 0.5) is 5.69 Å². The molecule has 1 fully saturated rings. The largest absolute Gasteiger partial charge is 0.322 e. The maximum Gasteiger partial charge on any atom is 0.238 e. The van der Waals surface area contributed by atoms with Crippen LogP contribution < -0.4 is 10.6 Å². The van der Waals surface area contributed by atoms with Gasteiger partial charge in [0.2, 0.25) is 5.91 Å². The first-order valence-electron chi connectivity index (χ1n) is 7.40. The van der Waals surface area contributed by atoms with Crippen molar-refractivity contribution in [3.63, 3.8) is 0 Å². The highest BCUT2D eigenvalue weighted by atomic mass is 35.5. The Morgan fingerprint density at radius 1 is 1.36 bits per heavy atom. The van der Waals surface area contributed by atoms with E-state index in [4.69, 9.17) is 34.8 Å². The van der Waals surface area contributed by atoms with Crippen molar-refractivity contribution >= 4 is 46.4 Å². The predicted molar refractivity (Wildman–Crippen MR) is 93.2 cm³/mol. The lowest BCUT2D eigenvalue weighted by Gasteiger charge is -2.27. The minimum atomic E-state index is -0.119. The van der Waals surface area contributed by atoms with Gasteiger partial charge in [-0.3, -0.25) is 9.69 Å². The minimum Gasteiger partial charge on any atom is -0.322 e. The summed E-state index contributed by atoms with van der Waals surface area (Å²) >= 11 is 18.1. The molecule has 2 N–H and O–H groups in total. The third-order valence-corrected chi connectivity index (χ3v) is 4.49. The van der Waals surface area contributed by atoms with Crippen LogP contribution in [0.2, 0.25) is 15.1 Å². The van der Waals surface area contributed by atoms with Gasteiger partial charge in [0, 0.05) is 17.6 Å². The fourth-order valence-corrected chi connectivity index (χ4v) is 3.57. The molecule has 1 amide bonds. The van der Waals surface area contributed by atoms with Crippen LogP contribution in [0.1, 0.15) is 19.8 Å². The van der Waals surface area contributed by atoms with Crippen molar-refractivity contribution in [2.24, 2.45) is 0 Å². The Kier molecular flexibility index (Phi) is 6.78. The van der Waals surface area contributed by atoms with Crippen LogP contribution in [0.25, 0.3) is 0 Å². The Hall–Kier alpha value is -0.520. The van der Waals surface area contributed by atoms with E-state index in [-0.39, 0.29) is 5.91 Å². The van der Waals surface area contributed by atoms with E-state index in [2.05, 4.69) is 22.5 Å². The number of nitrogens with zero attached hydrogens (tertiary/aromatic N) is 1. The lowest BCUT2D eigenvalue weighted by Crippen LogP contribution is -2.42. The normalized spacial score (nSPS) is 18.0. The van der Waals surface area contributed by atoms with Gasteiger partial charge in [-0.15, -0.1) is 0 Å². The van der Waals surface area contributed by atoms with E-state index in [1.807, 2.05) is 0 Å². The number of hydrogen-bond donors (Lipinski definition) is 2. The van der Waals surface area contributed by atoms with E-state index in [0.717, 1.165) is 32.5 Å². The standard InChI is InChI=1S/C15H20Cl3N3O/c1-2-5-21(11-3-4-19-8-11)9-14(22)20-15-12(17)6-10(16)7-13(15)18/h6-7,11,19H,2-5,8-9H2,1H3,(H,20,22). The third-order valence-electron chi connectivity index (χ3n) is 3.68. The van der Waals surface area contributed by atoms with Gasteiger partial charge in [0.15, 0.2) is 0 Å². The lowest BCUT2D eigenvalue weighted by atomic mass is 10.2. The van der Waals surface area contributed by atoms with Crippen molar-refractivity contribution in [2.75, 3.05) is 31.5 Å². The molecular formula is C15H20Cl3N3O. The van der Waals surface area contributed by atoms with E-state index in [1.165, 1.54) is 0 Å². The molecule has 7 heteroatoms. The molecule has 0 aliphatic carbocycles. The minimum absolute atomic E-state index is 0.119. The van der Waals surface area contributed by atoms with Gasteiger partial charge in [-0.05, 0) is 38.1 Å². The molecule has 0 spiro atoms. The first kappa shape index (κ1) is 17.8. The fraction of sp³-hybridized carbons (Fsp3) is 0.533. The number of hydrogen-bond acceptors (Lipinski definition) is 3. The van der Waals surface area contributed by atoms with Gasteiger partial charge >= 0.3 is 0 Å². The first-order valence-corrected chi connectivity index (χ1v) is 8.53. The Labute approximate surface area is 146 Å². The Balaban J connectivity index is 2.02. The summed E-state index contributed by atoms with van der Waals surface area (Å²) in [4.78, 5) is 14.5. The van der Waals surface area contributed by atoms with Crippen molar-refractivity contribution in [3.8, 4) is 0 Å². The number of amides is 1. The van der Waals surface area contributed by atoms with Gasteiger partial charge in [0.25, 0.3) is 0 Å². The molecule has 1 unspecified atom stereocenters. The van der Waals surface area contributed by atoms with Gasteiger partial charge in [-0.25, -0.2) is 0 Å². The smallest absolute Gasteiger partial charge is 0.238 e. The summed E-state index contributed by atoms with van der Waals surface area (Å²) in [6.07, 6.45) is 2.07. The zero-order valence-corrected chi connectivity index (χ0v) is 14.7. The van der Waals surface area contributed by atoms with E-state index in [9.17, 15) is 4.79 Å². The lowest BCUT2D eigenvalue weighted by molar-refractivity contribution is -0.117. The number of halogens is 3. The third kappa shape index (κ3) is 4.74. The molecule has 1 heterocycles. The van der Waals surface area contributed by atoms with Gasteiger partial charge in [-0.2, -0.15) is 0 Å². The molecule has 1 aromatic rings. The maximum absolute atomic E-state index is 12.3. The van der Waals surface area contributed by atoms with Crippen molar-refractivity contribution in [1.82, 2.24) is 10.2 Å². The summed E-state index contributed by atoms with van der Waals surface area (Å²) in [5.41, 5.74) is 0.415. The maximum atomic E-state index is 12.3. The molecule has 1 atom stereocenters. The average molecular weight is 365 g/mol. The summed E-state index contributed by atoms with van der Waals surface area (Å²) in [6, 6.07) is 3.53. The molecule has 0 aromatic heterocycles. The quantitative estimate of drug-likeness (QED) is 0.809. The number of carbonyl (C=O) groups excluding carboxylic acids is 1. The zero-order valence-electron chi connectivity index (χ0n) is 12.5. The van der Waals surface area contributed by atoms with Gasteiger partial charge in [0.1, 0.15) is 0 Å². The molecule has 1 saturated heterocycles.